The molecule has 1 amide bonds. The molecule has 10 nitrogen and oxygen atoms in total. The second-order valence-electron chi connectivity index (χ2n) is 9.07. The summed E-state index contributed by atoms with van der Waals surface area (Å²) >= 11 is 0. The molecule has 0 fully saturated rings. The van der Waals surface area contributed by atoms with E-state index >= 15 is 0 Å². The number of aliphatic hydroxyl groups is 3. The highest BCUT2D eigenvalue weighted by atomic mass is 16.3. The van der Waals surface area contributed by atoms with E-state index in [4.69, 9.17) is 5.73 Å². The maximum absolute atomic E-state index is 13.6. The van der Waals surface area contributed by atoms with Gasteiger partial charge in [-0.3, -0.25) is 19.3 Å². The molecule has 3 aliphatic carbocycles. The van der Waals surface area contributed by atoms with E-state index in [-0.39, 0.29) is 22.6 Å². The van der Waals surface area contributed by atoms with Crippen molar-refractivity contribution in [2.75, 3.05) is 21.1 Å². The number of nitrogens with two attached hydrogens (primary N) is 1. The van der Waals surface area contributed by atoms with Gasteiger partial charge in [0, 0.05) is 18.5 Å². The molecule has 0 aromatic heterocycles. The zero-order valence-electron chi connectivity index (χ0n) is 18.7. The minimum absolute atomic E-state index is 0.0347. The molecular formula is C23H27N3O7. The van der Waals surface area contributed by atoms with E-state index in [0.29, 0.717) is 5.56 Å². The van der Waals surface area contributed by atoms with Gasteiger partial charge in [-0.15, -0.1) is 0 Å². The molecule has 4 rings (SSSR count). The predicted molar refractivity (Wildman–Crippen MR) is 116 cm³/mol. The average molecular weight is 457 g/mol. The van der Waals surface area contributed by atoms with Gasteiger partial charge < -0.3 is 31.5 Å². The Hall–Kier alpha value is -3.21. The van der Waals surface area contributed by atoms with Gasteiger partial charge in [0.2, 0.25) is 0 Å². The number of phenols is 1. The van der Waals surface area contributed by atoms with Crippen LogP contribution in [0.25, 0.3) is 0 Å². The molecule has 7 N–H and O–H groups in total. The molecule has 0 aliphatic heterocycles. The Morgan fingerprint density at radius 1 is 1.21 bits per heavy atom. The predicted octanol–water partition coefficient (Wildman–Crippen LogP) is -0.686. The minimum Gasteiger partial charge on any atom is -0.508 e. The number of Topliss-reactive ketones (excluding diaryl/α,β-unsaturated/α-hetero) is 2. The molecule has 0 spiro atoms. The average Bonchev–Trinajstić information content (AvgIpc) is 2.73. The van der Waals surface area contributed by atoms with Gasteiger partial charge in [-0.2, -0.15) is 0 Å². The van der Waals surface area contributed by atoms with Gasteiger partial charge in [0.15, 0.2) is 17.2 Å². The molecule has 10 heteroatoms. The number of rotatable bonds is 3. The Kier molecular flexibility index (Phi) is 5.15. The minimum atomic E-state index is -2.48. The zero-order chi connectivity index (χ0) is 24.6. The SMILES string of the molecule is CNC1=C2C(=O)c3c(O)cccc3[C@H](C)C2C(O)C2[C@H](N(C)C)C(=O)C(C(N)=O)=C(O)[C@@]12O. The summed E-state index contributed by atoms with van der Waals surface area (Å²) in [6.45, 7) is 1.77. The Balaban J connectivity index is 2.12. The third-order valence-corrected chi connectivity index (χ3v) is 7.28. The lowest BCUT2D eigenvalue weighted by Crippen LogP contribution is -2.68. The number of hydrogen-bond donors (Lipinski definition) is 6. The summed E-state index contributed by atoms with van der Waals surface area (Å²) in [5.41, 5.74) is 2.48. The molecule has 176 valence electrons. The Bertz CT molecular complexity index is 1150. The first-order chi connectivity index (χ1) is 15.4. The number of aliphatic hydroxyl groups excluding tert-OH is 2. The summed E-state index contributed by atoms with van der Waals surface area (Å²) in [4.78, 5) is 40.3. The van der Waals surface area contributed by atoms with Crippen LogP contribution in [-0.2, 0) is 9.59 Å². The van der Waals surface area contributed by atoms with E-state index < -0.39 is 64.3 Å². The third-order valence-electron chi connectivity index (χ3n) is 7.28. The lowest BCUT2D eigenvalue weighted by Gasteiger charge is -2.55. The monoisotopic (exact) mass is 457 g/mol. The van der Waals surface area contributed by atoms with Crippen molar-refractivity contribution in [1.29, 1.82) is 0 Å². The fraction of sp³-hybridized carbons (Fsp3) is 0.435. The third kappa shape index (κ3) is 2.74. The number of likely N-dealkylation sites (N-methyl/N-ethyl adjacent to an activating group) is 2. The van der Waals surface area contributed by atoms with Crippen molar-refractivity contribution in [3.63, 3.8) is 0 Å². The normalized spacial score (nSPS) is 33.6. The van der Waals surface area contributed by atoms with Gasteiger partial charge in [-0.25, -0.2) is 0 Å². The standard InChI is InChI=1S/C23H27N3O7/c1-8-9-6-5-7-10(27)12(9)17(28)13-11(8)18(29)15-16(26(3)4)19(30)14(22(24)32)21(31)23(15,33)20(13)25-2/h5-8,11,15-16,18,25,27,29,31,33H,1-4H3,(H2,24,32)/t8-,11?,15?,16-,18?,23-/m0/s1. The van der Waals surface area contributed by atoms with Gasteiger partial charge in [-0.1, -0.05) is 19.1 Å². The van der Waals surface area contributed by atoms with Crippen molar-refractivity contribution < 1.29 is 34.8 Å². The number of amides is 1. The van der Waals surface area contributed by atoms with Crippen LogP contribution in [0.15, 0.2) is 40.8 Å². The number of carbonyl (C=O) groups excluding carboxylic acids is 3. The van der Waals surface area contributed by atoms with Crippen molar-refractivity contribution in [2.24, 2.45) is 17.6 Å². The van der Waals surface area contributed by atoms with Crippen LogP contribution in [0.2, 0.25) is 0 Å². The fourth-order valence-corrected chi connectivity index (χ4v) is 5.93. The molecule has 3 unspecified atom stereocenters. The van der Waals surface area contributed by atoms with Crippen molar-refractivity contribution in [2.45, 2.75) is 30.6 Å². The number of carbonyl (C=O) groups is 3. The van der Waals surface area contributed by atoms with E-state index in [1.165, 1.54) is 32.1 Å². The number of hydrogen-bond acceptors (Lipinski definition) is 9. The van der Waals surface area contributed by atoms with E-state index in [2.05, 4.69) is 5.32 Å². The lowest BCUT2D eigenvalue weighted by atomic mass is 9.55. The van der Waals surface area contributed by atoms with Crippen molar-refractivity contribution in [3.05, 3.63) is 51.9 Å². The fourth-order valence-electron chi connectivity index (χ4n) is 5.93. The van der Waals surface area contributed by atoms with E-state index in [0.717, 1.165) is 0 Å². The molecule has 0 bridgehead atoms. The number of nitrogens with zero attached hydrogens (tertiary/aromatic N) is 1. The molecule has 1 aromatic carbocycles. The highest BCUT2D eigenvalue weighted by molar-refractivity contribution is 6.22. The molecule has 33 heavy (non-hydrogen) atoms. The van der Waals surface area contributed by atoms with Crippen LogP contribution < -0.4 is 11.1 Å². The zero-order valence-corrected chi connectivity index (χ0v) is 18.7. The van der Waals surface area contributed by atoms with E-state index in [1.54, 1.807) is 19.1 Å². The highest BCUT2D eigenvalue weighted by Crippen LogP contribution is 2.55. The highest BCUT2D eigenvalue weighted by Gasteiger charge is 2.66. The van der Waals surface area contributed by atoms with Gasteiger partial charge in [-0.05, 0) is 31.6 Å². The molecule has 0 radical (unpaired) electrons. The second-order valence-corrected chi connectivity index (χ2v) is 9.07. The molecular weight excluding hydrogens is 430 g/mol. The molecule has 3 aliphatic rings. The molecule has 0 heterocycles. The van der Waals surface area contributed by atoms with Crippen LogP contribution in [0, 0.1) is 11.8 Å². The van der Waals surface area contributed by atoms with Gasteiger partial charge in [0.25, 0.3) is 5.91 Å². The topological polar surface area (TPSA) is 173 Å². The first-order valence-electron chi connectivity index (χ1n) is 10.5. The van der Waals surface area contributed by atoms with Crippen LogP contribution in [0.5, 0.6) is 5.75 Å². The number of ketones is 2. The molecule has 1 aromatic rings. The van der Waals surface area contributed by atoms with Crippen molar-refractivity contribution in [1.82, 2.24) is 10.2 Å². The van der Waals surface area contributed by atoms with Crippen LogP contribution in [-0.4, -0.2) is 81.7 Å². The number of nitrogens with one attached hydrogen (secondary N) is 1. The number of aromatic hydroxyl groups is 1. The van der Waals surface area contributed by atoms with Crippen LogP contribution in [0.4, 0.5) is 0 Å². The first kappa shape index (κ1) is 23.0. The summed E-state index contributed by atoms with van der Waals surface area (Å²) in [7, 11) is 4.50. The summed E-state index contributed by atoms with van der Waals surface area (Å²) in [6, 6.07) is 3.42. The Labute approximate surface area is 190 Å². The number of primary amides is 1. The number of benzene rings is 1. The maximum Gasteiger partial charge on any atom is 0.255 e. The van der Waals surface area contributed by atoms with E-state index in [1.807, 2.05) is 0 Å². The first-order valence-corrected chi connectivity index (χ1v) is 10.5. The quantitative estimate of drug-likeness (QED) is 0.321. The van der Waals surface area contributed by atoms with Gasteiger partial charge in [0.1, 0.15) is 17.1 Å². The second kappa shape index (κ2) is 7.41. The van der Waals surface area contributed by atoms with Crippen LogP contribution in [0.3, 0.4) is 0 Å². The maximum atomic E-state index is 13.6. The van der Waals surface area contributed by atoms with E-state index in [9.17, 15) is 34.8 Å². The van der Waals surface area contributed by atoms with Gasteiger partial charge >= 0.3 is 0 Å². The Morgan fingerprint density at radius 2 is 1.85 bits per heavy atom. The number of phenolic OH excluding ortho intramolecular Hbond substituents is 1. The smallest absolute Gasteiger partial charge is 0.255 e. The van der Waals surface area contributed by atoms with Crippen molar-refractivity contribution in [3.8, 4) is 5.75 Å². The lowest BCUT2D eigenvalue weighted by molar-refractivity contribution is -0.146. The van der Waals surface area contributed by atoms with Gasteiger partial charge in [0.05, 0.1) is 29.3 Å². The van der Waals surface area contributed by atoms with Crippen molar-refractivity contribution >= 4 is 17.5 Å². The van der Waals surface area contributed by atoms with Crippen LogP contribution >= 0.6 is 0 Å². The summed E-state index contributed by atoms with van der Waals surface area (Å²) in [5, 5.41) is 47.7. The van der Waals surface area contributed by atoms with Crippen LogP contribution in [0.1, 0.15) is 28.8 Å². The summed E-state index contributed by atoms with van der Waals surface area (Å²) in [5.74, 6) is -6.63. The number of fused-ring (bicyclic) bond motifs is 3. The molecule has 6 atom stereocenters. The largest absolute Gasteiger partial charge is 0.508 e. The summed E-state index contributed by atoms with van der Waals surface area (Å²) in [6.07, 6.45) is -1.47. The molecule has 0 saturated carbocycles. The Morgan fingerprint density at radius 3 is 2.39 bits per heavy atom. The molecule has 0 saturated heterocycles. The summed E-state index contributed by atoms with van der Waals surface area (Å²) < 4.78 is 0.